The van der Waals surface area contributed by atoms with E-state index in [0.717, 1.165) is 54.3 Å². The summed E-state index contributed by atoms with van der Waals surface area (Å²) in [7, 11) is 0. The van der Waals surface area contributed by atoms with E-state index in [-0.39, 0.29) is 18.2 Å². The van der Waals surface area contributed by atoms with Crippen LogP contribution in [0.4, 0.5) is 5.82 Å². The van der Waals surface area contributed by atoms with Crippen LogP contribution >= 0.6 is 0 Å². The van der Waals surface area contributed by atoms with Crippen LogP contribution in [-0.4, -0.2) is 44.6 Å². The van der Waals surface area contributed by atoms with Crippen LogP contribution in [0, 0.1) is 6.92 Å². The lowest BCUT2D eigenvalue weighted by Gasteiger charge is -2.32. The largest absolute Gasteiger partial charge is 0.386 e. The molecule has 0 saturated carbocycles. The zero-order valence-corrected chi connectivity index (χ0v) is 17.8. The third-order valence-corrected chi connectivity index (χ3v) is 5.70. The lowest BCUT2D eigenvalue weighted by atomic mass is 9.96. The van der Waals surface area contributed by atoms with Gasteiger partial charge >= 0.3 is 0 Å². The Morgan fingerprint density at radius 1 is 1.20 bits per heavy atom. The second-order valence-corrected chi connectivity index (χ2v) is 8.72. The summed E-state index contributed by atoms with van der Waals surface area (Å²) in [6.07, 6.45) is 2.08. The molecule has 158 valence electrons. The number of aryl methyl sites for hydroxylation is 1. The lowest BCUT2D eigenvalue weighted by Crippen LogP contribution is -2.40. The first-order chi connectivity index (χ1) is 14.2. The molecule has 7 nitrogen and oxygen atoms in total. The van der Waals surface area contributed by atoms with Crippen LogP contribution < -0.4 is 10.6 Å². The molecule has 4 rings (SSSR count). The molecule has 1 saturated heterocycles. The van der Waals surface area contributed by atoms with Crippen LogP contribution in [0.15, 0.2) is 36.4 Å². The van der Waals surface area contributed by atoms with E-state index in [1.807, 2.05) is 23.6 Å². The van der Waals surface area contributed by atoms with Crippen molar-refractivity contribution in [1.29, 1.82) is 0 Å². The fourth-order valence-corrected chi connectivity index (χ4v) is 3.90. The number of aromatic nitrogens is 3. The molecule has 0 amide bonds. The summed E-state index contributed by atoms with van der Waals surface area (Å²) >= 11 is 0. The van der Waals surface area contributed by atoms with E-state index in [0.29, 0.717) is 5.56 Å². The number of hydrogen-bond donors (Lipinski definition) is 2. The Morgan fingerprint density at radius 2 is 1.87 bits per heavy atom. The van der Waals surface area contributed by atoms with E-state index >= 15 is 0 Å². The summed E-state index contributed by atoms with van der Waals surface area (Å²) in [5, 5.41) is 14.7. The molecular weight excluding hydrogens is 378 g/mol. The molecule has 3 heterocycles. The lowest BCUT2D eigenvalue weighted by molar-refractivity contribution is 0.0784. The normalized spacial score (nSPS) is 15.7. The molecule has 3 aromatic rings. The van der Waals surface area contributed by atoms with Gasteiger partial charge in [0.25, 0.3) is 0 Å². The number of hydrogen-bond acceptors (Lipinski definition) is 6. The average Bonchev–Trinajstić information content (AvgIpc) is 3.07. The van der Waals surface area contributed by atoms with Crippen LogP contribution in [0.1, 0.15) is 54.0 Å². The molecule has 0 radical (unpaired) electrons. The van der Waals surface area contributed by atoms with Crippen molar-refractivity contribution in [2.45, 2.75) is 51.7 Å². The van der Waals surface area contributed by atoms with Gasteiger partial charge < -0.3 is 15.7 Å². The van der Waals surface area contributed by atoms with Gasteiger partial charge in [-0.2, -0.15) is 9.61 Å². The summed E-state index contributed by atoms with van der Waals surface area (Å²) in [5.74, 6) is 0.956. The number of Topliss-reactive ketones (excluding diaryl/α,β-unsaturated/α-hetero) is 1. The van der Waals surface area contributed by atoms with E-state index in [2.05, 4.69) is 15.0 Å². The van der Waals surface area contributed by atoms with Crippen molar-refractivity contribution in [2.75, 3.05) is 18.0 Å². The first kappa shape index (κ1) is 20.5. The Bertz CT molecular complexity index is 1060. The van der Waals surface area contributed by atoms with Crippen LogP contribution in [-0.2, 0) is 12.0 Å². The first-order valence-corrected chi connectivity index (χ1v) is 10.4. The molecule has 30 heavy (non-hydrogen) atoms. The topological polar surface area (TPSA) is 96.8 Å². The summed E-state index contributed by atoms with van der Waals surface area (Å²) < 4.78 is 1.86. The van der Waals surface area contributed by atoms with Crippen molar-refractivity contribution in [3.05, 3.63) is 58.9 Å². The number of rotatable bonds is 5. The van der Waals surface area contributed by atoms with Gasteiger partial charge in [-0.1, -0.05) is 24.3 Å². The van der Waals surface area contributed by atoms with Crippen molar-refractivity contribution in [2.24, 2.45) is 5.73 Å². The van der Waals surface area contributed by atoms with E-state index < -0.39 is 5.60 Å². The van der Waals surface area contributed by atoms with Crippen molar-refractivity contribution in [1.82, 2.24) is 14.6 Å². The number of ketones is 1. The SMILES string of the molecule is Cc1cc2nc(CC(=O)c3ccc(C(C)(C)O)cc3)cc(N3CCC(N)CC3)n2n1. The highest BCUT2D eigenvalue weighted by Gasteiger charge is 2.21. The van der Waals surface area contributed by atoms with Gasteiger partial charge in [0.15, 0.2) is 11.4 Å². The number of nitrogens with two attached hydrogens (primary N) is 1. The molecule has 0 bridgehead atoms. The fourth-order valence-electron chi connectivity index (χ4n) is 3.90. The van der Waals surface area contributed by atoms with E-state index in [9.17, 15) is 9.90 Å². The Balaban J connectivity index is 1.61. The van der Waals surface area contributed by atoms with Gasteiger partial charge in [-0.15, -0.1) is 0 Å². The minimum atomic E-state index is -0.931. The molecule has 1 fully saturated rings. The molecular formula is C23H29N5O2. The van der Waals surface area contributed by atoms with Crippen LogP contribution in [0.5, 0.6) is 0 Å². The smallest absolute Gasteiger partial charge is 0.168 e. The summed E-state index contributed by atoms with van der Waals surface area (Å²) in [6, 6.07) is 11.3. The van der Waals surface area contributed by atoms with Gasteiger partial charge in [-0.05, 0) is 39.2 Å². The van der Waals surface area contributed by atoms with Crippen LogP contribution in [0.25, 0.3) is 5.65 Å². The molecule has 1 aliphatic rings. The van der Waals surface area contributed by atoms with Gasteiger partial charge in [-0.3, -0.25) is 4.79 Å². The molecule has 0 aliphatic carbocycles. The monoisotopic (exact) mass is 407 g/mol. The minimum Gasteiger partial charge on any atom is -0.386 e. The molecule has 3 N–H and O–H groups in total. The second kappa shape index (κ2) is 7.81. The van der Waals surface area contributed by atoms with Gasteiger partial charge in [0.05, 0.1) is 23.4 Å². The molecule has 0 unspecified atom stereocenters. The molecule has 0 atom stereocenters. The standard InChI is InChI=1S/C23H29N5O2/c1-15-12-21-25-19(13-20(29)16-4-6-17(7-5-16)23(2,3)30)14-22(28(21)26-15)27-10-8-18(24)9-11-27/h4-7,12,14,18,30H,8-11,13,24H2,1-3H3. The number of aliphatic hydroxyl groups is 1. The third kappa shape index (κ3) is 4.22. The number of anilines is 1. The maximum absolute atomic E-state index is 12.9. The zero-order valence-electron chi connectivity index (χ0n) is 17.8. The van der Waals surface area contributed by atoms with Crippen LogP contribution in [0.2, 0.25) is 0 Å². The number of carbonyl (C=O) groups is 1. The summed E-state index contributed by atoms with van der Waals surface area (Å²) in [4.78, 5) is 19.8. The molecule has 1 aliphatic heterocycles. The Morgan fingerprint density at radius 3 is 2.50 bits per heavy atom. The summed E-state index contributed by atoms with van der Waals surface area (Å²) in [5.41, 5.74) is 8.89. The highest BCUT2D eigenvalue weighted by Crippen LogP contribution is 2.24. The predicted molar refractivity (Wildman–Crippen MR) is 117 cm³/mol. The third-order valence-electron chi connectivity index (χ3n) is 5.70. The quantitative estimate of drug-likeness (QED) is 0.631. The highest BCUT2D eigenvalue weighted by atomic mass is 16.3. The molecule has 1 aromatic carbocycles. The van der Waals surface area contributed by atoms with Crippen LogP contribution in [0.3, 0.4) is 0 Å². The van der Waals surface area contributed by atoms with E-state index in [1.54, 1.807) is 38.1 Å². The molecule has 2 aromatic heterocycles. The number of benzene rings is 1. The highest BCUT2D eigenvalue weighted by molar-refractivity contribution is 5.97. The first-order valence-electron chi connectivity index (χ1n) is 10.4. The van der Waals surface area contributed by atoms with Crippen molar-refractivity contribution >= 4 is 17.2 Å². The number of piperidine rings is 1. The van der Waals surface area contributed by atoms with Crippen molar-refractivity contribution < 1.29 is 9.90 Å². The maximum Gasteiger partial charge on any atom is 0.168 e. The number of carbonyl (C=O) groups excluding carboxylic acids is 1. The van der Waals surface area contributed by atoms with E-state index in [1.165, 1.54) is 0 Å². The number of nitrogens with zero attached hydrogens (tertiary/aromatic N) is 4. The van der Waals surface area contributed by atoms with Crippen molar-refractivity contribution in [3.63, 3.8) is 0 Å². The zero-order chi connectivity index (χ0) is 21.5. The second-order valence-electron chi connectivity index (χ2n) is 8.72. The Labute approximate surface area is 176 Å². The predicted octanol–water partition coefficient (Wildman–Crippen LogP) is 2.62. The van der Waals surface area contributed by atoms with E-state index in [4.69, 9.17) is 5.73 Å². The molecule has 7 heteroatoms. The minimum absolute atomic E-state index is 0.00278. The Hall–Kier alpha value is -2.77. The van der Waals surface area contributed by atoms with Gasteiger partial charge in [0.1, 0.15) is 5.82 Å². The summed E-state index contributed by atoms with van der Waals surface area (Å²) in [6.45, 7) is 7.13. The Kier molecular flexibility index (Phi) is 5.34. The average molecular weight is 408 g/mol. The molecule has 0 spiro atoms. The number of fused-ring (bicyclic) bond motifs is 1. The van der Waals surface area contributed by atoms with Gasteiger partial charge in [-0.25, -0.2) is 4.98 Å². The van der Waals surface area contributed by atoms with Gasteiger partial charge in [0.2, 0.25) is 0 Å². The fraction of sp³-hybridized carbons (Fsp3) is 0.435. The van der Waals surface area contributed by atoms with Gasteiger partial charge in [0, 0.05) is 36.8 Å². The van der Waals surface area contributed by atoms with Crippen molar-refractivity contribution in [3.8, 4) is 0 Å². The maximum atomic E-state index is 12.9.